The molecule has 0 aromatic carbocycles. The smallest absolute Gasteiger partial charge is 0.324 e. The van der Waals surface area contributed by atoms with Gasteiger partial charge in [-0.2, -0.15) is 13.1 Å². The molecule has 7 heteroatoms. The van der Waals surface area contributed by atoms with Crippen molar-refractivity contribution in [2.45, 2.75) is 57.4 Å². The van der Waals surface area contributed by atoms with Crippen LogP contribution in [0.4, 0.5) is 0 Å². The first kappa shape index (κ1) is 15.4. The highest BCUT2D eigenvalue weighted by Crippen LogP contribution is 2.28. The van der Waals surface area contributed by atoms with Gasteiger partial charge in [-0.15, -0.1) is 0 Å². The number of carboxylic acid groups (broad SMARTS) is 1. The van der Waals surface area contributed by atoms with Gasteiger partial charge in [0.05, 0.1) is 0 Å². The average molecular weight is 278 g/mol. The van der Waals surface area contributed by atoms with Crippen molar-refractivity contribution < 1.29 is 18.3 Å². The van der Waals surface area contributed by atoms with Gasteiger partial charge in [-0.1, -0.05) is 32.6 Å². The number of carbonyl (C=O) groups is 1. The molecule has 0 radical (unpaired) electrons. The highest BCUT2D eigenvalue weighted by atomic mass is 32.2. The van der Waals surface area contributed by atoms with Gasteiger partial charge in [0.25, 0.3) is 10.2 Å². The van der Waals surface area contributed by atoms with Crippen LogP contribution in [0.1, 0.15) is 51.9 Å². The zero-order valence-corrected chi connectivity index (χ0v) is 11.6. The van der Waals surface area contributed by atoms with Crippen molar-refractivity contribution in [3.63, 3.8) is 0 Å². The fraction of sp³-hybridized carbons (Fsp3) is 0.909. The molecule has 1 aliphatic carbocycles. The molecule has 0 aromatic rings. The molecule has 0 heterocycles. The van der Waals surface area contributed by atoms with Gasteiger partial charge in [0.15, 0.2) is 0 Å². The Hall–Kier alpha value is -0.660. The first-order chi connectivity index (χ1) is 8.42. The van der Waals surface area contributed by atoms with Crippen molar-refractivity contribution in [1.82, 2.24) is 9.44 Å². The molecule has 3 N–H and O–H groups in total. The SMILES string of the molecule is CCCNS(=O)(=O)NC1(C(=O)O)CCCCCC1. The summed E-state index contributed by atoms with van der Waals surface area (Å²) in [5, 5.41) is 9.35. The van der Waals surface area contributed by atoms with E-state index in [4.69, 9.17) is 0 Å². The molecule has 106 valence electrons. The van der Waals surface area contributed by atoms with Crippen molar-refractivity contribution in [3.8, 4) is 0 Å². The average Bonchev–Trinajstić information content (AvgIpc) is 2.52. The third-order valence-corrected chi connectivity index (χ3v) is 4.48. The quantitative estimate of drug-likeness (QED) is 0.632. The van der Waals surface area contributed by atoms with E-state index in [-0.39, 0.29) is 0 Å². The molecule has 0 spiro atoms. The second-order valence-corrected chi connectivity index (χ2v) is 6.30. The van der Waals surface area contributed by atoms with Gasteiger partial charge in [-0.25, -0.2) is 4.72 Å². The Labute approximate surface area is 108 Å². The first-order valence-corrected chi connectivity index (χ1v) is 7.92. The second-order valence-electron chi connectivity index (χ2n) is 4.80. The predicted molar refractivity (Wildman–Crippen MR) is 68.4 cm³/mol. The zero-order valence-electron chi connectivity index (χ0n) is 10.7. The third kappa shape index (κ3) is 4.22. The van der Waals surface area contributed by atoms with E-state index >= 15 is 0 Å². The van der Waals surface area contributed by atoms with E-state index < -0.39 is 21.7 Å². The Morgan fingerprint density at radius 2 is 1.78 bits per heavy atom. The lowest BCUT2D eigenvalue weighted by Crippen LogP contribution is -2.57. The van der Waals surface area contributed by atoms with Crippen molar-refractivity contribution in [2.24, 2.45) is 0 Å². The summed E-state index contributed by atoms with van der Waals surface area (Å²) in [6, 6.07) is 0. The summed E-state index contributed by atoms with van der Waals surface area (Å²) in [5.41, 5.74) is -1.34. The number of hydrogen-bond acceptors (Lipinski definition) is 3. The summed E-state index contributed by atoms with van der Waals surface area (Å²) < 4.78 is 28.3. The van der Waals surface area contributed by atoms with Gasteiger partial charge in [0, 0.05) is 6.54 Å². The normalized spacial score (nSPS) is 20.3. The van der Waals surface area contributed by atoms with E-state index in [0.717, 1.165) is 25.7 Å². The van der Waals surface area contributed by atoms with E-state index in [0.29, 0.717) is 25.8 Å². The van der Waals surface area contributed by atoms with Crippen LogP contribution in [-0.4, -0.2) is 31.6 Å². The summed E-state index contributed by atoms with van der Waals surface area (Å²) in [5.74, 6) is -1.08. The molecule has 1 saturated carbocycles. The molecule has 0 aliphatic heterocycles. The van der Waals surface area contributed by atoms with Crippen LogP contribution in [-0.2, 0) is 15.0 Å². The van der Waals surface area contributed by atoms with Crippen LogP contribution in [0, 0.1) is 0 Å². The van der Waals surface area contributed by atoms with Crippen molar-refractivity contribution >= 4 is 16.2 Å². The Kier molecular flexibility index (Phi) is 5.55. The van der Waals surface area contributed by atoms with Gasteiger partial charge < -0.3 is 5.11 Å². The summed E-state index contributed by atoms with van der Waals surface area (Å²) in [6.45, 7) is 2.16. The minimum Gasteiger partial charge on any atom is -0.480 e. The Bertz CT molecular complexity index is 373. The third-order valence-electron chi connectivity index (χ3n) is 3.24. The van der Waals surface area contributed by atoms with Gasteiger partial charge in [-0.05, 0) is 19.3 Å². The van der Waals surface area contributed by atoms with E-state index in [9.17, 15) is 18.3 Å². The summed E-state index contributed by atoms with van der Waals surface area (Å²) in [6.07, 6.45) is 4.77. The van der Waals surface area contributed by atoms with E-state index in [1.807, 2.05) is 6.92 Å². The molecular weight excluding hydrogens is 256 g/mol. The number of hydrogen-bond donors (Lipinski definition) is 3. The topological polar surface area (TPSA) is 95.5 Å². The van der Waals surface area contributed by atoms with Crippen LogP contribution in [0.2, 0.25) is 0 Å². The molecule has 1 aliphatic rings. The lowest BCUT2D eigenvalue weighted by Gasteiger charge is -2.28. The monoisotopic (exact) mass is 278 g/mol. The van der Waals surface area contributed by atoms with Crippen molar-refractivity contribution in [3.05, 3.63) is 0 Å². The molecule has 0 bridgehead atoms. The second kappa shape index (κ2) is 6.49. The highest BCUT2D eigenvalue weighted by molar-refractivity contribution is 7.87. The van der Waals surface area contributed by atoms with Gasteiger partial charge in [-0.3, -0.25) is 4.79 Å². The summed E-state index contributed by atoms with van der Waals surface area (Å²) in [7, 11) is -3.74. The maximum Gasteiger partial charge on any atom is 0.324 e. The number of aliphatic carboxylic acids is 1. The zero-order chi connectivity index (χ0) is 13.6. The van der Waals surface area contributed by atoms with Gasteiger partial charge >= 0.3 is 5.97 Å². The highest BCUT2D eigenvalue weighted by Gasteiger charge is 2.41. The fourth-order valence-corrected chi connectivity index (χ4v) is 3.57. The number of carboxylic acids is 1. The van der Waals surface area contributed by atoms with Crippen LogP contribution >= 0.6 is 0 Å². The van der Waals surface area contributed by atoms with Crippen LogP contribution in [0.15, 0.2) is 0 Å². The van der Waals surface area contributed by atoms with Gasteiger partial charge in [0.1, 0.15) is 5.54 Å². The largest absolute Gasteiger partial charge is 0.480 e. The van der Waals surface area contributed by atoms with Crippen LogP contribution in [0.3, 0.4) is 0 Å². The standard InChI is InChI=1S/C11H22N2O4S/c1-2-9-12-18(16,17)13-11(10(14)15)7-5-3-4-6-8-11/h12-13H,2-9H2,1H3,(H,14,15). The summed E-state index contributed by atoms with van der Waals surface area (Å²) >= 11 is 0. The Morgan fingerprint density at radius 3 is 2.22 bits per heavy atom. The maximum absolute atomic E-state index is 11.8. The number of nitrogens with one attached hydrogen (secondary N) is 2. The van der Waals surface area contributed by atoms with Crippen LogP contribution in [0.5, 0.6) is 0 Å². The summed E-state index contributed by atoms with van der Waals surface area (Å²) in [4.78, 5) is 11.4. The number of rotatable bonds is 6. The van der Waals surface area contributed by atoms with E-state index in [1.165, 1.54) is 0 Å². The van der Waals surface area contributed by atoms with Crippen LogP contribution < -0.4 is 9.44 Å². The lowest BCUT2D eigenvalue weighted by molar-refractivity contribution is -0.144. The van der Waals surface area contributed by atoms with Crippen LogP contribution in [0.25, 0.3) is 0 Å². The molecule has 18 heavy (non-hydrogen) atoms. The minimum absolute atomic E-state index is 0.311. The van der Waals surface area contributed by atoms with E-state index in [1.54, 1.807) is 0 Å². The molecule has 6 nitrogen and oxygen atoms in total. The Morgan fingerprint density at radius 1 is 1.22 bits per heavy atom. The van der Waals surface area contributed by atoms with Gasteiger partial charge in [0.2, 0.25) is 0 Å². The molecule has 1 rings (SSSR count). The molecule has 0 amide bonds. The van der Waals surface area contributed by atoms with Crippen molar-refractivity contribution in [2.75, 3.05) is 6.54 Å². The Balaban J connectivity index is 2.82. The molecular formula is C11H22N2O4S. The fourth-order valence-electron chi connectivity index (χ4n) is 2.22. The molecule has 0 saturated heterocycles. The molecule has 0 aromatic heterocycles. The minimum atomic E-state index is -3.74. The molecule has 0 atom stereocenters. The van der Waals surface area contributed by atoms with Crippen molar-refractivity contribution in [1.29, 1.82) is 0 Å². The van der Waals surface area contributed by atoms with E-state index in [2.05, 4.69) is 9.44 Å². The maximum atomic E-state index is 11.8. The first-order valence-electron chi connectivity index (χ1n) is 6.44. The molecule has 1 fully saturated rings. The molecule has 0 unspecified atom stereocenters. The lowest BCUT2D eigenvalue weighted by atomic mass is 9.92. The predicted octanol–water partition coefficient (Wildman–Crippen LogP) is 0.998.